The molecule has 2 aromatic rings. The Hall–Kier alpha value is -2.85. The van der Waals surface area contributed by atoms with Crippen LogP contribution in [0.2, 0.25) is 0 Å². The summed E-state index contributed by atoms with van der Waals surface area (Å²) in [6.45, 7) is 7.35. The van der Waals surface area contributed by atoms with Gasteiger partial charge in [-0.3, -0.25) is 14.9 Å². The summed E-state index contributed by atoms with van der Waals surface area (Å²) in [4.78, 5) is 47.6. The fourth-order valence-corrected chi connectivity index (χ4v) is 7.72. The van der Waals surface area contributed by atoms with Crippen LogP contribution in [0.4, 0.5) is 14.3 Å². The van der Waals surface area contributed by atoms with E-state index in [0.29, 0.717) is 28.2 Å². The van der Waals surface area contributed by atoms with Gasteiger partial charge in [-0.05, 0) is 81.5 Å². The number of hydrogen-bond donors (Lipinski definition) is 2. The minimum absolute atomic E-state index is 0.0684. The Bertz CT molecular complexity index is 1230. The van der Waals surface area contributed by atoms with E-state index in [4.69, 9.17) is 0 Å². The van der Waals surface area contributed by atoms with Crippen molar-refractivity contribution in [2.24, 2.45) is 17.8 Å². The summed E-state index contributed by atoms with van der Waals surface area (Å²) in [5.74, 6) is 0.788. The lowest BCUT2D eigenvalue weighted by Gasteiger charge is -2.43. The van der Waals surface area contributed by atoms with Gasteiger partial charge in [0, 0.05) is 39.0 Å². The van der Waals surface area contributed by atoms with E-state index in [1.807, 2.05) is 17.0 Å². The average Bonchev–Trinajstić information content (AvgIpc) is 3.61. The van der Waals surface area contributed by atoms with Crippen LogP contribution >= 0.6 is 11.3 Å². The fourth-order valence-electron chi connectivity index (χ4n) is 6.86. The molecule has 1 saturated carbocycles. The van der Waals surface area contributed by atoms with E-state index in [-0.39, 0.29) is 41.4 Å². The first-order valence-corrected chi connectivity index (χ1v) is 15.9. The smallest absolute Gasteiger partial charge is 0.321 e. The second kappa shape index (κ2) is 13.4. The number of likely N-dealkylation sites (tertiary alicyclic amines) is 2. The number of benzene rings is 1. The van der Waals surface area contributed by atoms with Crippen LogP contribution in [-0.2, 0) is 11.2 Å². The maximum absolute atomic E-state index is 13.4. The number of ketones is 1. The van der Waals surface area contributed by atoms with E-state index in [2.05, 4.69) is 20.5 Å². The fraction of sp³-hybridized carbons (Fsp3) is 0.613. The third kappa shape index (κ3) is 7.71. The summed E-state index contributed by atoms with van der Waals surface area (Å²) in [6, 6.07) is 6.30. The van der Waals surface area contributed by atoms with Crippen LogP contribution in [0.5, 0.6) is 0 Å². The van der Waals surface area contributed by atoms with Gasteiger partial charge in [0.2, 0.25) is 5.91 Å². The van der Waals surface area contributed by atoms with Crippen LogP contribution in [0, 0.1) is 30.5 Å². The molecule has 0 unspecified atom stereocenters. The van der Waals surface area contributed by atoms with E-state index >= 15 is 0 Å². The van der Waals surface area contributed by atoms with Gasteiger partial charge in [0.25, 0.3) is 0 Å². The molecule has 2 N–H and O–H groups in total. The molecule has 3 heterocycles. The summed E-state index contributed by atoms with van der Waals surface area (Å²) < 4.78 is 13.4. The number of nitrogens with one attached hydrogen (secondary N) is 2. The minimum atomic E-state index is -0.355. The maximum Gasteiger partial charge on any atom is 0.321 e. The van der Waals surface area contributed by atoms with Gasteiger partial charge in [0.1, 0.15) is 5.82 Å². The zero-order valence-corrected chi connectivity index (χ0v) is 25.0. The lowest BCUT2D eigenvalue weighted by Crippen LogP contribution is -2.58. The number of thiazole rings is 1. The number of carbonyl (C=O) groups excluding carboxylic acids is 3. The van der Waals surface area contributed by atoms with Crippen LogP contribution in [0.1, 0.15) is 72.8 Å². The number of aromatic nitrogens is 1. The van der Waals surface area contributed by atoms with Crippen LogP contribution in [0.15, 0.2) is 24.3 Å². The second-order valence-corrected chi connectivity index (χ2v) is 13.1. The van der Waals surface area contributed by atoms with Crippen molar-refractivity contribution in [3.05, 3.63) is 46.2 Å². The van der Waals surface area contributed by atoms with Crippen LogP contribution in [-0.4, -0.2) is 71.3 Å². The van der Waals surface area contributed by atoms with Crippen LogP contribution in [0.3, 0.4) is 0 Å². The molecule has 3 atom stereocenters. The number of halogens is 1. The van der Waals surface area contributed by atoms with Gasteiger partial charge in [-0.1, -0.05) is 36.3 Å². The first kappa shape index (κ1) is 29.6. The Kier molecular flexibility index (Phi) is 9.70. The molecule has 5 rings (SSSR count). The van der Waals surface area contributed by atoms with Gasteiger partial charge in [0.05, 0.1) is 16.6 Å². The predicted molar refractivity (Wildman–Crippen MR) is 159 cm³/mol. The molecule has 8 nitrogen and oxygen atoms in total. The monoisotopic (exact) mass is 583 g/mol. The lowest BCUT2D eigenvalue weighted by molar-refractivity contribution is -0.137. The maximum atomic E-state index is 13.4. The van der Waals surface area contributed by atoms with E-state index in [1.165, 1.54) is 36.0 Å². The molecule has 1 aromatic carbocycles. The molecular formula is C31H42FN5O3S. The van der Waals surface area contributed by atoms with Gasteiger partial charge >= 0.3 is 6.03 Å². The van der Waals surface area contributed by atoms with Crippen molar-refractivity contribution in [1.29, 1.82) is 0 Å². The van der Waals surface area contributed by atoms with Crippen molar-refractivity contribution in [3.63, 3.8) is 0 Å². The summed E-state index contributed by atoms with van der Waals surface area (Å²) in [5, 5.41) is 6.40. The Morgan fingerprint density at radius 2 is 1.78 bits per heavy atom. The highest BCUT2D eigenvalue weighted by molar-refractivity contribution is 7.17. The predicted octanol–water partition coefficient (Wildman–Crippen LogP) is 5.28. The SMILES string of the molecule is CC(=O)c1sc(NC(=O)N[C@H]2CN(C(=O)C3CCCC3)CC[C@H]2CN2CCC[C@@H](Cc3ccc(F)cc3)C2)nc1C. The standard InChI is InChI=1S/C31H42FN5O3S/c1-20-28(21(2)38)41-31(33-20)35-30(40)34-27-19-37(29(39)24-7-3-4-8-24)15-13-25(27)18-36-14-5-6-23(17-36)16-22-9-11-26(32)12-10-22/h9-12,23-25,27H,3-8,13-19H2,1-2H3,(H2,33,34,35,40)/t23-,25-,27-/m0/s1. The van der Waals surface area contributed by atoms with Crippen molar-refractivity contribution >= 4 is 34.2 Å². The highest BCUT2D eigenvalue weighted by Crippen LogP contribution is 2.30. The number of rotatable bonds is 8. The summed E-state index contributed by atoms with van der Waals surface area (Å²) in [6.07, 6.45) is 8.19. The number of Topliss-reactive ketones (excluding diaryl/α,β-unsaturated/α-hetero) is 1. The number of nitrogens with zero attached hydrogens (tertiary/aromatic N) is 3. The van der Waals surface area contributed by atoms with Crippen molar-refractivity contribution in [2.45, 2.75) is 71.3 Å². The first-order valence-electron chi connectivity index (χ1n) is 15.1. The van der Waals surface area contributed by atoms with Gasteiger partial charge < -0.3 is 15.1 Å². The number of piperidine rings is 2. The van der Waals surface area contributed by atoms with Crippen LogP contribution < -0.4 is 10.6 Å². The highest BCUT2D eigenvalue weighted by Gasteiger charge is 2.37. The molecular weight excluding hydrogens is 541 g/mol. The number of hydrogen-bond acceptors (Lipinski definition) is 6. The Labute approximate surface area is 246 Å². The number of urea groups is 1. The number of anilines is 1. The Morgan fingerprint density at radius 1 is 1.02 bits per heavy atom. The van der Waals surface area contributed by atoms with Gasteiger partial charge in [0.15, 0.2) is 10.9 Å². The average molecular weight is 584 g/mol. The van der Waals surface area contributed by atoms with E-state index in [0.717, 1.165) is 77.5 Å². The number of carbonyl (C=O) groups is 3. The minimum Gasteiger partial charge on any atom is -0.340 e. The molecule has 10 heteroatoms. The largest absolute Gasteiger partial charge is 0.340 e. The molecule has 0 bridgehead atoms. The molecule has 2 aliphatic heterocycles. The molecule has 1 aromatic heterocycles. The van der Waals surface area contributed by atoms with Crippen molar-refractivity contribution in [2.75, 3.05) is 38.0 Å². The molecule has 0 spiro atoms. The molecule has 41 heavy (non-hydrogen) atoms. The summed E-state index contributed by atoms with van der Waals surface area (Å²) >= 11 is 1.18. The third-order valence-electron chi connectivity index (χ3n) is 8.96. The number of amides is 3. The quantitative estimate of drug-likeness (QED) is 0.413. The van der Waals surface area contributed by atoms with Gasteiger partial charge in [-0.15, -0.1) is 0 Å². The molecule has 3 aliphatic rings. The number of aryl methyl sites for hydroxylation is 1. The molecule has 3 amide bonds. The second-order valence-electron chi connectivity index (χ2n) is 12.1. The van der Waals surface area contributed by atoms with Crippen molar-refractivity contribution in [1.82, 2.24) is 20.1 Å². The molecule has 3 fully saturated rings. The normalized spacial score (nSPS) is 23.9. The van der Waals surface area contributed by atoms with E-state index in [9.17, 15) is 18.8 Å². The van der Waals surface area contributed by atoms with E-state index < -0.39 is 0 Å². The van der Waals surface area contributed by atoms with Gasteiger partial charge in [-0.25, -0.2) is 14.2 Å². The van der Waals surface area contributed by atoms with E-state index in [1.54, 1.807) is 6.92 Å². The lowest BCUT2D eigenvalue weighted by atomic mass is 9.87. The zero-order chi connectivity index (χ0) is 28.9. The Morgan fingerprint density at radius 3 is 2.49 bits per heavy atom. The molecule has 222 valence electrons. The third-order valence-corrected chi connectivity index (χ3v) is 10.1. The Balaban J connectivity index is 1.23. The summed E-state index contributed by atoms with van der Waals surface area (Å²) in [7, 11) is 0. The first-order chi connectivity index (χ1) is 19.7. The van der Waals surface area contributed by atoms with Crippen molar-refractivity contribution < 1.29 is 18.8 Å². The van der Waals surface area contributed by atoms with Gasteiger partial charge in [-0.2, -0.15) is 0 Å². The topological polar surface area (TPSA) is 94.6 Å². The summed E-state index contributed by atoms with van der Waals surface area (Å²) in [5.41, 5.74) is 1.78. The van der Waals surface area contributed by atoms with Crippen molar-refractivity contribution in [3.8, 4) is 0 Å². The molecule has 2 saturated heterocycles. The molecule has 0 radical (unpaired) electrons. The molecule has 1 aliphatic carbocycles. The highest BCUT2D eigenvalue weighted by atomic mass is 32.1. The van der Waals surface area contributed by atoms with Crippen LogP contribution in [0.25, 0.3) is 0 Å². The zero-order valence-electron chi connectivity index (χ0n) is 24.2.